The van der Waals surface area contributed by atoms with Gasteiger partial charge in [-0.1, -0.05) is 12.5 Å². The molecule has 1 N–H and O–H groups in total. The molecule has 1 saturated heterocycles. The molecule has 1 aliphatic carbocycles. The molecule has 1 aromatic carbocycles. The summed E-state index contributed by atoms with van der Waals surface area (Å²) in [6.07, 6.45) is 6.53. The second kappa shape index (κ2) is 6.84. The lowest BCUT2D eigenvalue weighted by atomic mass is 9.85. The van der Waals surface area contributed by atoms with Gasteiger partial charge in [-0.3, -0.25) is 4.90 Å². The van der Waals surface area contributed by atoms with Crippen LogP contribution >= 0.6 is 0 Å². The van der Waals surface area contributed by atoms with Crippen molar-refractivity contribution in [2.75, 3.05) is 19.6 Å². The van der Waals surface area contributed by atoms with Crippen LogP contribution in [0.3, 0.4) is 0 Å². The van der Waals surface area contributed by atoms with E-state index in [0.29, 0.717) is 12.6 Å². The van der Waals surface area contributed by atoms with E-state index in [-0.39, 0.29) is 0 Å². The summed E-state index contributed by atoms with van der Waals surface area (Å²) in [7, 11) is 0. The zero-order chi connectivity index (χ0) is 14.7. The summed E-state index contributed by atoms with van der Waals surface area (Å²) in [5.74, 6) is -0.631. The van der Waals surface area contributed by atoms with Crippen molar-refractivity contribution >= 4 is 0 Å². The molecule has 0 spiro atoms. The molecule has 3 rings (SSSR count). The predicted molar refractivity (Wildman–Crippen MR) is 80.0 cm³/mol. The van der Waals surface area contributed by atoms with Crippen molar-refractivity contribution in [3.8, 4) is 0 Å². The Hall–Kier alpha value is -1.00. The van der Waals surface area contributed by atoms with Gasteiger partial charge in [0.2, 0.25) is 0 Å². The second-order valence-corrected chi connectivity index (χ2v) is 6.53. The summed E-state index contributed by atoms with van der Waals surface area (Å²) in [6.45, 7) is 3.90. The maximum absolute atomic E-state index is 13.3. The Morgan fingerprint density at radius 1 is 1.10 bits per heavy atom. The second-order valence-electron chi connectivity index (χ2n) is 6.53. The van der Waals surface area contributed by atoms with Gasteiger partial charge < -0.3 is 5.32 Å². The van der Waals surface area contributed by atoms with Crippen LogP contribution in [0.2, 0.25) is 0 Å². The Morgan fingerprint density at radius 3 is 2.67 bits per heavy atom. The van der Waals surface area contributed by atoms with Crippen molar-refractivity contribution in [2.24, 2.45) is 5.92 Å². The standard InChI is InChI=1S/C17H24F2N2/c18-16-7-6-14(9-17(16)19)11-21-8-2-5-15(12-21)20-10-13-3-1-4-13/h6-7,9,13,15,20H,1-5,8,10-12H2. The quantitative estimate of drug-likeness (QED) is 0.896. The Balaban J connectivity index is 1.49. The smallest absolute Gasteiger partial charge is 0.159 e. The van der Waals surface area contributed by atoms with E-state index in [2.05, 4.69) is 10.2 Å². The minimum absolute atomic E-state index is 0.546. The zero-order valence-electron chi connectivity index (χ0n) is 12.5. The Morgan fingerprint density at radius 2 is 1.95 bits per heavy atom. The summed E-state index contributed by atoms with van der Waals surface area (Å²) in [6, 6.07) is 4.77. The summed E-state index contributed by atoms with van der Waals surface area (Å²) < 4.78 is 26.2. The molecule has 1 saturated carbocycles. The molecule has 4 heteroatoms. The highest BCUT2D eigenvalue weighted by molar-refractivity contribution is 5.17. The van der Waals surface area contributed by atoms with Crippen molar-refractivity contribution in [2.45, 2.75) is 44.7 Å². The van der Waals surface area contributed by atoms with Crippen LogP contribution < -0.4 is 5.32 Å². The van der Waals surface area contributed by atoms with Gasteiger partial charge in [0.15, 0.2) is 11.6 Å². The predicted octanol–water partition coefficient (Wildman–Crippen LogP) is 3.32. The average molecular weight is 294 g/mol. The number of halogens is 2. The van der Waals surface area contributed by atoms with Crippen LogP contribution in [0.4, 0.5) is 8.78 Å². The van der Waals surface area contributed by atoms with Gasteiger partial charge in [0.05, 0.1) is 0 Å². The van der Waals surface area contributed by atoms with E-state index in [0.717, 1.165) is 31.1 Å². The third-order valence-corrected chi connectivity index (χ3v) is 4.82. The molecule has 1 unspecified atom stereocenters. The maximum atomic E-state index is 13.3. The van der Waals surface area contributed by atoms with Crippen LogP contribution in [0.15, 0.2) is 18.2 Å². The third kappa shape index (κ3) is 4.01. The van der Waals surface area contributed by atoms with Gasteiger partial charge in [0.25, 0.3) is 0 Å². The van der Waals surface area contributed by atoms with Crippen molar-refractivity contribution in [3.63, 3.8) is 0 Å². The maximum Gasteiger partial charge on any atom is 0.159 e. The topological polar surface area (TPSA) is 15.3 Å². The molecule has 0 aromatic heterocycles. The lowest BCUT2D eigenvalue weighted by Gasteiger charge is -2.35. The molecular weight excluding hydrogens is 270 g/mol. The van der Waals surface area contributed by atoms with Gasteiger partial charge in [-0.2, -0.15) is 0 Å². The molecule has 0 radical (unpaired) electrons. The number of nitrogens with zero attached hydrogens (tertiary/aromatic N) is 1. The molecule has 116 valence electrons. The summed E-state index contributed by atoms with van der Waals surface area (Å²) in [5.41, 5.74) is 0.855. The van der Waals surface area contributed by atoms with Crippen LogP contribution in [-0.4, -0.2) is 30.6 Å². The number of hydrogen-bond acceptors (Lipinski definition) is 2. The Bertz CT molecular complexity index is 474. The number of nitrogens with one attached hydrogen (secondary N) is 1. The monoisotopic (exact) mass is 294 g/mol. The third-order valence-electron chi connectivity index (χ3n) is 4.82. The number of piperidine rings is 1. The van der Waals surface area contributed by atoms with Gasteiger partial charge in [-0.15, -0.1) is 0 Å². The fraction of sp³-hybridized carbons (Fsp3) is 0.647. The highest BCUT2D eigenvalue weighted by Gasteiger charge is 2.22. The van der Waals surface area contributed by atoms with E-state index >= 15 is 0 Å². The zero-order valence-corrected chi connectivity index (χ0v) is 12.5. The average Bonchev–Trinajstić information content (AvgIpc) is 2.42. The lowest BCUT2D eigenvalue weighted by Crippen LogP contribution is -2.47. The van der Waals surface area contributed by atoms with Gasteiger partial charge in [-0.05, 0) is 62.4 Å². The van der Waals surface area contributed by atoms with Crippen LogP contribution in [0.25, 0.3) is 0 Å². The summed E-state index contributed by atoms with van der Waals surface area (Å²) in [5, 5.41) is 3.68. The summed E-state index contributed by atoms with van der Waals surface area (Å²) >= 11 is 0. The molecular formula is C17H24F2N2. The molecule has 0 amide bonds. The van der Waals surface area contributed by atoms with Crippen LogP contribution in [0, 0.1) is 17.6 Å². The number of hydrogen-bond donors (Lipinski definition) is 1. The number of likely N-dealkylation sites (tertiary alicyclic amines) is 1. The highest BCUT2D eigenvalue weighted by atomic mass is 19.2. The molecule has 21 heavy (non-hydrogen) atoms. The SMILES string of the molecule is Fc1ccc(CN2CCCC(NCC3CCC3)C2)cc1F. The minimum atomic E-state index is -0.766. The number of rotatable bonds is 5. The van der Waals surface area contributed by atoms with E-state index in [1.807, 2.05) is 0 Å². The largest absolute Gasteiger partial charge is 0.312 e. The minimum Gasteiger partial charge on any atom is -0.312 e. The molecule has 2 nitrogen and oxygen atoms in total. The van der Waals surface area contributed by atoms with E-state index in [1.54, 1.807) is 6.07 Å². The van der Waals surface area contributed by atoms with Gasteiger partial charge in [0.1, 0.15) is 0 Å². The van der Waals surface area contributed by atoms with Crippen molar-refractivity contribution in [1.29, 1.82) is 0 Å². The molecule has 1 atom stereocenters. The fourth-order valence-electron chi connectivity index (χ4n) is 3.29. The number of benzene rings is 1. The van der Waals surface area contributed by atoms with Crippen molar-refractivity contribution in [3.05, 3.63) is 35.4 Å². The van der Waals surface area contributed by atoms with Crippen LogP contribution in [0.1, 0.15) is 37.7 Å². The molecule has 2 aliphatic rings. The molecule has 1 aromatic rings. The first-order chi connectivity index (χ1) is 10.2. The molecule has 0 bridgehead atoms. The summed E-state index contributed by atoms with van der Waals surface area (Å²) in [4.78, 5) is 2.34. The van der Waals surface area contributed by atoms with Gasteiger partial charge >= 0.3 is 0 Å². The highest BCUT2D eigenvalue weighted by Crippen LogP contribution is 2.25. The van der Waals surface area contributed by atoms with Gasteiger partial charge in [-0.25, -0.2) is 8.78 Å². The first-order valence-corrected chi connectivity index (χ1v) is 8.10. The molecule has 1 heterocycles. The fourth-order valence-corrected chi connectivity index (χ4v) is 3.29. The molecule has 1 aliphatic heterocycles. The van der Waals surface area contributed by atoms with Gasteiger partial charge in [0, 0.05) is 19.1 Å². The Kier molecular flexibility index (Phi) is 4.86. The van der Waals surface area contributed by atoms with E-state index in [9.17, 15) is 8.78 Å². The van der Waals surface area contributed by atoms with E-state index in [4.69, 9.17) is 0 Å². The van der Waals surface area contributed by atoms with Crippen LogP contribution in [0.5, 0.6) is 0 Å². The normalized spacial score (nSPS) is 24.0. The van der Waals surface area contributed by atoms with E-state index in [1.165, 1.54) is 44.2 Å². The first-order valence-electron chi connectivity index (χ1n) is 8.10. The molecule has 2 fully saturated rings. The first kappa shape index (κ1) is 14.9. The lowest BCUT2D eigenvalue weighted by molar-refractivity contribution is 0.173. The van der Waals surface area contributed by atoms with Crippen molar-refractivity contribution < 1.29 is 8.78 Å². The van der Waals surface area contributed by atoms with E-state index < -0.39 is 11.6 Å². The van der Waals surface area contributed by atoms with Crippen molar-refractivity contribution in [1.82, 2.24) is 10.2 Å². The van der Waals surface area contributed by atoms with Crippen LogP contribution in [-0.2, 0) is 6.54 Å². The Labute approximate surface area is 125 Å².